The Morgan fingerprint density at radius 2 is 0.966 bits per heavy atom. The van der Waals surface area contributed by atoms with Crippen LogP contribution in [-0.2, 0) is 0 Å². The van der Waals surface area contributed by atoms with Crippen LogP contribution in [0.4, 0.5) is 0 Å². The lowest BCUT2D eigenvalue weighted by molar-refractivity contribution is 0.723. The average Bonchev–Trinajstić information content (AvgIpc) is 3.48. The normalized spacial score (nSPS) is 17.8. The average molecular weight is 381 g/mol. The van der Waals surface area contributed by atoms with Crippen molar-refractivity contribution in [3.63, 3.8) is 0 Å². The molecule has 0 saturated heterocycles. The maximum Gasteiger partial charge on any atom is -0.0154 e. The molecule has 2 saturated carbocycles. The van der Waals surface area contributed by atoms with Crippen molar-refractivity contribution < 1.29 is 0 Å². The van der Waals surface area contributed by atoms with Gasteiger partial charge in [0.25, 0.3) is 0 Å². The van der Waals surface area contributed by atoms with Crippen molar-refractivity contribution in [2.75, 3.05) is 0 Å². The van der Waals surface area contributed by atoms with Crippen LogP contribution in [0.1, 0.15) is 79.9 Å². The highest BCUT2D eigenvalue weighted by Crippen LogP contribution is 2.37. The smallest absolute Gasteiger partial charge is 0.0154 e. The fraction of sp³-hybridized carbons (Fsp3) is 0.379. The molecule has 2 aliphatic carbocycles. The van der Waals surface area contributed by atoms with Gasteiger partial charge in [0, 0.05) is 0 Å². The molecule has 3 aromatic carbocycles. The van der Waals surface area contributed by atoms with E-state index in [1.807, 2.05) is 0 Å². The van der Waals surface area contributed by atoms with Crippen LogP contribution < -0.4 is 0 Å². The number of benzene rings is 3. The number of aryl methyl sites for hydroxylation is 1. The molecule has 0 radical (unpaired) electrons. The monoisotopic (exact) mass is 380 g/mol. The number of rotatable bonds is 4. The Hall–Kier alpha value is -2.34. The Morgan fingerprint density at radius 1 is 0.517 bits per heavy atom. The Labute approximate surface area is 176 Å². The van der Waals surface area contributed by atoms with Crippen LogP contribution >= 0.6 is 0 Å². The minimum Gasteiger partial charge on any atom is -0.0581 e. The first-order valence-electron chi connectivity index (χ1n) is 11.6. The first-order chi connectivity index (χ1) is 14.3. The highest BCUT2D eigenvalue weighted by atomic mass is 14.2. The van der Waals surface area contributed by atoms with E-state index in [4.69, 9.17) is 0 Å². The van der Waals surface area contributed by atoms with Gasteiger partial charge in [0.2, 0.25) is 0 Å². The van der Waals surface area contributed by atoms with Crippen molar-refractivity contribution in [1.82, 2.24) is 0 Å². The summed E-state index contributed by atoms with van der Waals surface area (Å²) < 4.78 is 0. The fourth-order valence-electron chi connectivity index (χ4n) is 5.57. The molecular weight excluding hydrogens is 348 g/mol. The molecule has 0 aromatic heterocycles. The lowest BCUT2D eigenvalue weighted by Crippen LogP contribution is -1.93. The molecule has 0 bridgehead atoms. The molecule has 3 aromatic rings. The molecule has 5 rings (SSSR count). The van der Waals surface area contributed by atoms with Crippen LogP contribution in [-0.4, -0.2) is 0 Å². The molecule has 0 unspecified atom stereocenters. The minimum atomic E-state index is 0.791. The predicted molar refractivity (Wildman–Crippen MR) is 124 cm³/mol. The van der Waals surface area contributed by atoms with Gasteiger partial charge in [0.15, 0.2) is 0 Å². The summed E-state index contributed by atoms with van der Waals surface area (Å²) >= 11 is 0. The maximum atomic E-state index is 2.36. The summed E-state index contributed by atoms with van der Waals surface area (Å²) in [5.41, 5.74) is 9.77. The third-order valence-electron chi connectivity index (χ3n) is 7.35. The summed E-state index contributed by atoms with van der Waals surface area (Å²) in [6, 6.07) is 25.7. The first-order valence-corrected chi connectivity index (χ1v) is 11.6. The summed E-state index contributed by atoms with van der Waals surface area (Å²) in [6.07, 6.45) is 11.1. The molecule has 0 heterocycles. The van der Waals surface area contributed by atoms with Gasteiger partial charge in [-0.1, -0.05) is 92.4 Å². The van der Waals surface area contributed by atoms with Crippen molar-refractivity contribution in [1.29, 1.82) is 0 Å². The lowest BCUT2D eigenvalue weighted by Gasteiger charge is -2.13. The molecule has 0 nitrogen and oxygen atoms in total. The molecule has 0 amide bonds. The van der Waals surface area contributed by atoms with Crippen molar-refractivity contribution in [3.05, 3.63) is 83.4 Å². The Balaban J connectivity index is 1.36. The van der Waals surface area contributed by atoms with Crippen LogP contribution in [0.3, 0.4) is 0 Å². The second-order valence-corrected chi connectivity index (χ2v) is 9.24. The van der Waals surface area contributed by atoms with Gasteiger partial charge >= 0.3 is 0 Å². The van der Waals surface area contributed by atoms with E-state index in [0.29, 0.717) is 0 Å². The number of hydrogen-bond acceptors (Lipinski definition) is 0. The fourth-order valence-corrected chi connectivity index (χ4v) is 5.57. The third-order valence-corrected chi connectivity index (χ3v) is 7.35. The molecule has 0 N–H and O–H groups in total. The first kappa shape index (κ1) is 18.7. The highest BCUT2D eigenvalue weighted by Gasteiger charge is 2.18. The molecule has 2 fully saturated rings. The van der Waals surface area contributed by atoms with E-state index in [0.717, 1.165) is 11.8 Å². The Kier molecular flexibility index (Phi) is 5.27. The van der Waals surface area contributed by atoms with Gasteiger partial charge in [0.05, 0.1) is 0 Å². The van der Waals surface area contributed by atoms with E-state index >= 15 is 0 Å². The van der Waals surface area contributed by atoms with E-state index < -0.39 is 0 Å². The molecule has 0 spiro atoms. The van der Waals surface area contributed by atoms with Crippen LogP contribution in [0.25, 0.3) is 22.3 Å². The molecule has 148 valence electrons. The molecular formula is C29H32. The summed E-state index contributed by atoms with van der Waals surface area (Å²) in [6.45, 7) is 2.25. The topological polar surface area (TPSA) is 0 Å². The summed E-state index contributed by atoms with van der Waals surface area (Å²) in [4.78, 5) is 0. The van der Waals surface area contributed by atoms with Crippen LogP contribution in [0.5, 0.6) is 0 Å². The second-order valence-electron chi connectivity index (χ2n) is 9.24. The molecule has 29 heavy (non-hydrogen) atoms. The zero-order valence-electron chi connectivity index (χ0n) is 17.7. The van der Waals surface area contributed by atoms with Gasteiger partial charge in [-0.3, -0.25) is 0 Å². The van der Waals surface area contributed by atoms with Gasteiger partial charge in [-0.05, 0) is 83.4 Å². The van der Waals surface area contributed by atoms with Gasteiger partial charge in [0.1, 0.15) is 0 Å². The van der Waals surface area contributed by atoms with Crippen LogP contribution in [0.15, 0.2) is 66.7 Å². The number of hydrogen-bond donors (Lipinski definition) is 0. The molecule has 2 aliphatic rings. The zero-order chi connectivity index (χ0) is 19.6. The molecule has 0 atom stereocenters. The van der Waals surface area contributed by atoms with Gasteiger partial charge in [-0.25, -0.2) is 0 Å². The summed E-state index contributed by atoms with van der Waals surface area (Å²) in [5, 5.41) is 0. The Bertz CT molecular complexity index is 950. The van der Waals surface area contributed by atoms with Crippen molar-refractivity contribution >= 4 is 0 Å². The molecule has 0 aliphatic heterocycles. The van der Waals surface area contributed by atoms with Crippen molar-refractivity contribution in [2.24, 2.45) is 0 Å². The summed E-state index contributed by atoms with van der Waals surface area (Å²) in [7, 11) is 0. The van der Waals surface area contributed by atoms with Crippen LogP contribution in [0, 0.1) is 6.92 Å². The van der Waals surface area contributed by atoms with Gasteiger partial charge < -0.3 is 0 Å². The summed E-state index contributed by atoms with van der Waals surface area (Å²) in [5.74, 6) is 1.58. The van der Waals surface area contributed by atoms with Gasteiger partial charge in [-0.15, -0.1) is 0 Å². The lowest BCUT2D eigenvalue weighted by atomic mass is 9.91. The van der Waals surface area contributed by atoms with E-state index in [-0.39, 0.29) is 0 Å². The highest BCUT2D eigenvalue weighted by molar-refractivity contribution is 5.73. The van der Waals surface area contributed by atoms with E-state index in [9.17, 15) is 0 Å². The second kappa shape index (κ2) is 8.19. The maximum absolute atomic E-state index is 2.36. The quantitative estimate of drug-likeness (QED) is 0.425. The van der Waals surface area contributed by atoms with E-state index in [1.165, 1.54) is 90.3 Å². The van der Waals surface area contributed by atoms with Gasteiger partial charge in [-0.2, -0.15) is 0 Å². The van der Waals surface area contributed by atoms with Crippen molar-refractivity contribution in [3.8, 4) is 22.3 Å². The SMILES string of the molecule is Cc1cc(-c2ccc(C3CCCC3)cc2)ccc1-c1ccc(C2CCCC2)cc1. The van der Waals surface area contributed by atoms with Crippen molar-refractivity contribution in [2.45, 2.75) is 70.1 Å². The van der Waals surface area contributed by atoms with E-state index in [1.54, 1.807) is 0 Å². The molecule has 0 heteroatoms. The standard InChI is InChI=1S/C29H32/c1-21-20-28(26-12-10-24(11-13-26)22-6-2-3-7-22)18-19-29(21)27-16-14-25(15-17-27)23-8-4-5-9-23/h10-20,22-23H,2-9H2,1H3. The largest absolute Gasteiger partial charge is 0.0581 e. The van der Waals surface area contributed by atoms with E-state index in [2.05, 4.69) is 73.7 Å². The zero-order valence-corrected chi connectivity index (χ0v) is 17.7. The minimum absolute atomic E-state index is 0.791. The Morgan fingerprint density at radius 3 is 1.45 bits per heavy atom. The predicted octanol–water partition coefficient (Wildman–Crippen LogP) is 8.64. The third kappa shape index (κ3) is 3.90. The van der Waals surface area contributed by atoms with Crippen LogP contribution in [0.2, 0.25) is 0 Å².